The predicted molar refractivity (Wildman–Crippen MR) is 85.3 cm³/mol. The first-order valence-electron chi connectivity index (χ1n) is 6.95. The summed E-state index contributed by atoms with van der Waals surface area (Å²) in [6.45, 7) is 1.01. The standard InChI is InChI=1S/C16H14ClFN2O4/c1-10(16(22)20-13-3-2-8-19-15(13)17)24-14(21)9-23-12-6-4-11(18)5-7-12/h2-8,10H,9H2,1H3,(H,20,22)/t10-/m0/s1. The van der Waals surface area contributed by atoms with Gasteiger partial charge < -0.3 is 14.8 Å². The van der Waals surface area contributed by atoms with Gasteiger partial charge in [0, 0.05) is 6.20 Å². The van der Waals surface area contributed by atoms with Crippen molar-refractivity contribution in [3.8, 4) is 5.75 Å². The third-order valence-corrected chi connectivity index (χ3v) is 3.17. The minimum absolute atomic E-state index is 0.129. The van der Waals surface area contributed by atoms with E-state index < -0.39 is 30.4 Å². The van der Waals surface area contributed by atoms with Crippen LogP contribution in [0.4, 0.5) is 10.1 Å². The Morgan fingerprint density at radius 2 is 2.00 bits per heavy atom. The third kappa shape index (κ3) is 5.20. The van der Waals surface area contributed by atoms with Crippen molar-refractivity contribution < 1.29 is 23.5 Å². The fourth-order valence-corrected chi connectivity index (χ4v) is 1.84. The normalized spacial score (nSPS) is 11.5. The second-order valence-corrected chi connectivity index (χ2v) is 5.06. The first-order valence-corrected chi connectivity index (χ1v) is 7.32. The molecule has 24 heavy (non-hydrogen) atoms. The lowest BCUT2D eigenvalue weighted by atomic mass is 10.3. The molecule has 1 heterocycles. The summed E-state index contributed by atoms with van der Waals surface area (Å²) in [6.07, 6.45) is 0.430. The second-order valence-electron chi connectivity index (χ2n) is 4.71. The number of hydrogen-bond donors (Lipinski definition) is 1. The zero-order valence-electron chi connectivity index (χ0n) is 12.7. The van der Waals surface area contributed by atoms with Gasteiger partial charge in [-0.2, -0.15) is 0 Å². The van der Waals surface area contributed by atoms with Crippen molar-refractivity contribution in [1.82, 2.24) is 4.98 Å². The molecular weight excluding hydrogens is 339 g/mol. The topological polar surface area (TPSA) is 77.5 Å². The van der Waals surface area contributed by atoms with Crippen LogP contribution in [0.1, 0.15) is 6.92 Å². The maximum atomic E-state index is 12.7. The molecular formula is C16H14ClFN2O4. The van der Waals surface area contributed by atoms with Gasteiger partial charge in [0.2, 0.25) is 0 Å². The van der Waals surface area contributed by atoms with Crippen molar-refractivity contribution in [2.75, 3.05) is 11.9 Å². The van der Waals surface area contributed by atoms with Crippen LogP contribution < -0.4 is 10.1 Å². The van der Waals surface area contributed by atoms with Crippen LogP contribution in [0.5, 0.6) is 5.75 Å². The average Bonchev–Trinajstić information content (AvgIpc) is 2.56. The molecule has 0 fully saturated rings. The Balaban J connectivity index is 1.81. The van der Waals surface area contributed by atoms with E-state index in [9.17, 15) is 14.0 Å². The summed E-state index contributed by atoms with van der Waals surface area (Å²) in [5.74, 6) is -1.39. The number of amides is 1. The summed E-state index contributed by atoms with van der Waals surface area (Å²) in [5, 5.41) is 2.63. The minimum atomic E-state index is -1.05. The number of esters is 1. The highest BCUT2D eigenvalue weighted by molar-refractivity contribution is 6.32. The van der Waals surface area contributed by atoms with Gasteiger partial charge >= 0.3 is 5.97 Å². The zero-order chi connectivity index (χ0) is 17.5. The van der Waals surface area contributed by atoms with Gasteiger partial charge in [0.25, 0.3) is 5.91 Å². The molecule has 0 saturated carbocycles. The monoisotopic (exact) mass is 352 g/mol. The molecule has 0 unspecified atom stereocenters. The van der Waals surface area contributed by atoms with E-state index in [1.807, 2.05) is 0 Å². The molecule has 0 radical (unpaired) electrons. The minimum Gasteiger partial charge on any atom is -0.482 e. The molecule has 1 amide bonds. The lowest BCUT2D eigenvalue weighted by Gasteiger charge is -2.14. The molecule has 2 aromatic rings. The Morgan fingerprint density at radius 3 is 2.67 bits per heavy atom. The van der Waals surface area contributed by atoms with Crippen LogP contribution >= 0.6 is 11.6 Å². The van der Waals surface area contributed by atoms with Gasteiger partial charge in [-0.1, -0.05) is 11.6 Å². The summed E-state index contributed by atoms with van der Waals surface area (Å²) < 4.78 is 22.8. The van der Waals surface area contributed by atoms with Gasteiger partial charge in [0.05, 0.1) is 5.69 Å². The van der Waals surface area contributed by atoms with E-state index in [-0.39, 0.29) is 5.15 Å². The number of anilines is 1. The summed E-state index contributed by atoms with van der Waals surface area (Å²) in [6, 6.07) is 8.34. The van der Waals surface area contributed by atoms with Crippen LogP contribution in [0, 0.1) is 5.82 Å². The molecule has 0 bridgehead atoms. The number of nitrogens with one attached hydrogen (secondary N) is 1. The number of hydrogen-bond acceptors (Lipinski definition) is 5. The number of halogens is 2. The van der Waals surface area contributed by atoms with E-state index in [1.165, 1.54) is 37.4 Å². The number of carbonyl (C=O) groups excluding carboxylic acids is 2. The largest absolute Gasteiger partial charge is 0.482 e. The van der Waals surface area contributed by atoms with Gasteiger partial charge in [0.15, 0.2) is 17.9 Å². The van der Waals surface area contributed by atoms with E-state index in [1.54, 1.807) is 12.1 Å². The lowest BCUT2D eigenvalue weighted by molar-refractivity contribution is -0.155. The SMILES string of the molecule is C[C@H](OC(=O)COc1ccc(F)cc1)C(=O)Nc1cccnc1Cl. The first-order chi connectivity index (χ1) is 11.5. The molecule has 2 rings (SSSR count). The lowest BCUT2D eigenvalue weighted by Crippen LogP contribution is -2.31. The number of benzene rings is 1. The van der Waals surface area contributed by atoms with Crippen molar-refractivity contribution in [1.29, 1.82) is 0 Å². The molecule has 1 N–H and O–H groups in total. The summed E-state index contributed by atoms with van der Waals surface area (Å²) >= 11 is 5.83. The van der Waals surface area contributed by atoms with Crippen molar-refractivity contribution >= 4 is 29.2 Å². The Labute approximate surface area is 142 Å². The third-order valence-electron chi connectivity index (χ3n) is 2.86. The summed E-state index contributed by atoms with van der Waals surface area (Å²) in [7, 11) is 0. The highest BCUT2D eigenvalue weighted by Crippen LogP contribution is 2.18. The van der Waals surface area contributed by atoms with Gasteiger partial charge in [-0.3, -0.25) is 4.79 Å². The van der Waals surface area contributed by atoms with E-state index in [0.29, 0.717) is 11.4 Å². The van der Waals surface area contributed by atoms with Crippen LogP contribution in [-0.4, -0.2) is 29.6 Å². The maximum absolute atomic E-state index is 12.7. The number of carbonyl (C=O) groups is 2. The molecule has 126 valence electrons. The van der Waals surface area contributed by atoms with Gasteiger partial charge in [-0.15, -0.1) is 0 Å². The van der Waals surface area contributed by atoms with Crippen molar-refractivity contribution in [2.24, 2.45) is 0 Å². The predicted octanol–water partition coefficient (Wildman–Crippen LogP) is 2.82. The van der Waals surface area contributed by atoms with Gasteiger partial charge in [-0.05, 0) is 43.3 Å². The summed E-state index contributed by atoms with van der Waals surface area (Å²) in [5.41, 5.74) is 0.314. The number of pyridine rings is 1. The molecule has 1 aromatic carbocycles. The van der Waals surface area contributed by atoms with E-state index >= 15 is 0 Å². The molecule has 0 aliphatic rings. The molecule has 0 spiro atoms. The zero-order valence-corrected chi connectivity index (χ0v) is 13.4. The summed E-state index contributed by atoms with van der Waals surface area (Å²) in [4.78, 5) is 27.5. The first kappa shape index (κ1) is 17.7. The molecule has 0 aliphatic heterocycles. The highest BCUT2D eigenvalue weighted by Gasteiger charge is 2.19. The second kappa shape index (κ2) is 8.26. The molecule has 0 saturated heterocycles. The van der Waals surface area contributed by atoms with E-state index in [2.05, 4.69) is 10.3 Å². The molecule has 8 heteroatoms. The van der Waals surface area contributed by atoms with Crippen molar-refractivity contribution in [3.63, 3.8) is 0 Å². The Morgan fingerprint density at radius 1 is 1.29 bits per heavy atom. The van der Waals surface area contributed by atoms with Crippen molar-refractivity contribution in [2.45, 2.75) is 13.0 Å². The van der Waals surface area contributed by atoms with Crippen LogP contribution in [0.15, 0.2) is 42.6 Å². The maximum Gasteiger partial charge on any atom is 0.344 e. The molecule has 1 aromatic heterocycles. The van der Waals surface area contributed by atoms with Crippen LogP contribution in [0.3, 0.4) is 0 Å². The number of aromatic nitrogens is 1. The van der Waals surface area contributed by atoms with E-state index in [0.717, 1.165) is 0 Å². The van der Waals surface area contributed by atoms with Crippen LogP contribution in [0.25, 0.3) is 0 Å². The quantitative estimate of drug-likeness (QED) is 0.639. The van der Waals surface area contributed by atoms with Crippen LogP contribution in [0.2, 0.25) is 5.15 Å². The Bertz CT molecular complexity index is 724. The molecule has 0 aliphatic carbocycles. The number of rotatable bonds is 6. The van der Waals surface area contributed by atoms with Gasteiger partial charge in [-0.25, -0.2) is 14.2 Å². The van der Waals surface area contributed by atoms with Gasteiger partial charge in [0.1, 0.15) is 11.6 Å². The van der Waals surface area contributed by atoms with E-state index in [4.69, 9.17) is 21.1 Å². The number of nitrogens with zero attached hydrogens (tertiary/aromatic N) is 1. The number of ether oxygens (including phenoxy) is 2. The fourth-order valence-electron chi connectivity index (χ4n) is 1.67. The fraction of sp³-hybridized carbons (Fsp3) is 0.188. The molecule has 6 nitrogen and oxygen atoms in total. The van der Waals surface area contributed by atoms with Crippen molar-refractivity contribution in [3.05, 3.63) is 53.6 Å². The van der Waals surface area contributed by atoms with Crippen LogP contribution in [-0.2, 0) is 14.3 Å². The highest BCUT2D eigenvalue weighted by atomic mass is 35.5. The molecule has 1 atom stereocenters. The average molecular weight is 353 g/mol. The Hall–Kier alpha value is -2.67. The Kier molecular flexibility index (Phi) is 6.08. The smallest absolute Gasteiger partial charge is 0.344 e.